The first kappa shape index (κ1) is 19.0. The van der Waals surface area contributed by atoms with E-state index in [0.29, 0.717) is 36.7 Å². The van der Waals surface area contributed by atoms with Crippen molar-refractivity contribution in [3.63, 3.8) is 0 Å². The molecule has 0 aliphatic carbocycles. The number of hydrogen-bond donors (Lipinski definition) is 1. The molecular formula is C16H23ClN2O4S. The summed E-state index contributed by atoms with van der Waals surface area (Å²) in [5.74, 6) is 0.398. The van der Waals surface area contributed by atoms with Gasteiger partial charge in [-0.05, 0) is 49.9 Å². The minimum absolute atomic E-state index is 0.0206. The molecule has 0 bridgehead atoms. The second-order valence-electron chi connectivity index (χ2n) is 6.16. The number of hydrogen-bond acceptors (Lipinski definition) is 4. The Morgan fingerprint density at radius 2 is 1.83 bits per heavy atom. The topological polar surface area (TPSA) is 75.7 Å². The Morgan fingerprint density at radius 1 is 1.29 bits per heavy atom. The first-order valence-corrected chi connectivity index (χ1v) is 10.0. The smallest absolute Gasteiger partial charge is 0.258 e. The zero-order valence-electron chi connectivity index (χ0n) is 14.1. The molecule has 1 heterocycles. The molecule has 0 saturated carbocycles. The van der Waals surface area contributed by atoms with Gasteiger partial charge in [0.05, 0.1) is 6.26 Å². The largest absolute Gasteiger partial charge is 0.484 e. The van der Waals surface area contributed by atoms with E-state index in [-0.39, 0.29) is 18.6 Å². The number of amides is 1. The van der Waals surface area contributed by atoms with Gasteiger partial charge in [-0.1, -0.05) is 11.6 Å². The van der Waals surface area contributed by atoms with Crippen molar-refractivity contribution in [1.29, 1.82) is 0 Å². The van der Waals surface area contributed by atoms with Crippen LogP contribution in [0.4, 0.5) is 0 Å². The average Bonchev–Trinajstić information content (AvgIpc) is 2.50. The molecule has 134 valence electrons. The van der Waals surface area contributed by atoms with E-state index in [4.69, 9.17) is 16.3 Å². The number of ether oxygens (including phenoxy) is 1. The van der Waals surface area contributed by atoms with Gasteiger partial charge < -0.3 is 10.1 Å². The lowest BCUT2D eigenvalue weighted by molar-refractivity contribution is -0.124. The normalized spacial score (nSPS) is 16.8. The molecule has 6 nitrogen and oxygen atoms in total. The standard InChI is InChI=1S/C16H23ClN2O4S/c1-11-8-14(9-12(2)16(11)17)23-10-15(20)18-13-4-6-19(7-5-13)24(3,21)22/h8-9,13H,4-7,10H2,1-3H3,(H,18,20). The van der Waals surface area contributed by atoms with E-state index in [1.165, 1.54) is 10.6 Å². The SMILES string of the molecule is Cc1cc(OCC(=O)NC2CCN(S(C)(=O)=O)CC2)cc(C)c1Cl. The number of nitrogens with one attached hydrogen (secondary N) is 1. The Hall–Kier alpha value is -1.31. The molecule has 1 N–H and O–H groups in total. The molecule has 1 aliphatic heterocycles. The van der Waals surface area contributed by atoms with Crippen molar-refractivity contribution < 1.29 is 17.9 Å². The summed E-state index contributed by atoms with van der Waals surface area (Å²) in [6, 6.07) is 3.58. The highest BCUT2D eigenvalue weighted by atomic mass is 35.5. The predicted octanol–water partition coefficient (Wildman–Crippen LogP) is 1.88. The van der Waals surface area contributed by atoms with Crippen molar-refractivity contribution in [1.82, 2.24) is 9.62 Å². The summed E-state index contributed by atoms with van der Waals surface area (Å²) >= 11 is 6.10. The molecule has 1 amide bonds. The van der Waals surface area contributed by atoms with Crippen LogP contribution < -0.4 is 10.1 Å². The molecular weight excluding hydrogens is 352 g/mol. The molecule has 1 fully saturated rings. The summed E-state index contributed by atoms with van der Waals surface area (Å²) in [4.78, 5) is 12.0. The fourth-order valence-electron chi connectivity index (χ4n) is 2.74. The average molecular weight is 375 g/mol. The molecule has 24 heavy (non-hydrogen) atoms. The molecule has 0 unspecified atom stereocenters. The van der Waals surface area contributed by atoms with E-state index in [2.05, 4.69) is 5.32 Å². The van der Waals surface area contributed by atoms with Gasteiger partial charge in [-0.3, -0.25) is 4.79 Å². The molecule has 1 aromatic carbocycles. The van der Waals surface area contributed by atoms with Gasteiger partial charge in [0.15, 0.2) is 6.61 Å². The second kappa shape index (κ2) is 7.72. The van der Waals surface area contributed by atoms with E-state index in [1.54, 1.807) is 12.1 Å². The van der Waals surface area contributed by atoms with Crippen LogP contribution in [-0.4, -0.2) is 50.6 Å². The van der Waals surface area contributed by atoms with Gasteiger partial charge in [0.25, 0.3) is 5.91 Å². The van der Waals surface area contributed by atoms with Crippen LogP contribution in [0.5, 0.6) is 5.75 Å². The van der Waals surface area contributed by atoms with E-state index < -0.39 is 10.0 Å². The summed E-state index contributed by atoms with van der Waals surface area (Å²) in [7, 11) is -3.15. The molecule has 1 saturated heterocycles. The van der Waals surface area contributed by atoms with Crippen molar-refractivity contribution in [2.24, 2.45) is 0 Å². The van der Waals surface area contributed by atoms with Crippen LogP contribution in [0.25, 0.3) is 0 Å². The number of carbonyl (C=O) groups excluding carboxylic acids is 1. The minimum Gasteiger partial charge on any atom is -0.484 e. The van der Waals surface area contributed by atoms with Crippen molar-refractivity contribution in [2.75, 3.05) is 26.0 Å². The Balaban J connectivity index is 1.80. The Labute approximate surface area is 148 Å². The second-order valence-corrected chi connectivity index (χ2v) is 8.52. The molecule has 2 rings (SSSR count). The highest BCUT2D eigenvalue weighted by Gasteiger charge is 2.25. The van der Waals surface area contributed by atoms with Crippen LogP contribution >= 0.6 is 11.6 Å². The monoisotopic (exact) mass is 374 g/mol. The lowest BCUT2D eigenvalue weighted by Gasteiger charge is -2.30. The number of benzene rings is 1. The van der Waals surface area contributed by atoms with E-state index in [9.17, 15) is 13.2 Å². The fraction of sp³-hybridized carbons (Fsp3) is 0.562. The molecule has 0 spiro atoms. The van der Waals surface area contributed by atoms with Crippen molar-refractivity contribution in [3.05, 3.63) is 28.3 Å². The third-order valence-corrected chi connectivity index (χ3v) is 5.97. The van der Waals surface area contributed by atoms with Gasteiger partial charge in [-0.2, -0.15) is 0 Å². The third kappa shape index (κ3) is 5.09. The van der Waals surface area contributed by atoms with E-state index in [1.807, 2.05) is 13.8 Å². The first-order valence-electron chi connectivity index (χ1n) is 7.81. The maximum atomic E-state index is 12.0. The zero-order chi connectivity index (χ0) is 17.9. The van der Waals surface area contributed by atoms with Gasteiger partial charge in [-0.15, -0.1) is 0 Å². The fourth-order valence-corrected chi connectivity index (χ4v) is 3.72. The van der Waals surface area contributed by atoms with Crippen LogP contribution in [0.1, 0.15) is 24.0 Å². The number of halogens is 1. The lowest BCUT2D eigenvalue weighted by atomic mass is 10.1. The maximum absolute atomic E-state index is 12.0. The molecule has 8 heteroatoms. The quantitative estimate of drug-likeness (QED) is 0.853. The highest BCUT2D eigenvalue weighted by molar-refractivity contribution is 7.88. The summed E-state index contributed by atoms with van der Waals surface area (Å²) in [5, 5.41) is 3.59. The third-order valence-electron chi connectivity index (χ3n) is 4.07. The number of nitrogens with zero attached hydrogens (tertiary/aromatic N) is 1. The highest BCUT2D eigenvalue weighted by Crippen LogP contribution is 2.25. The number of sulfonamides is 1. The Bertz CT molecular complexity index is 690. The number of carbonyl (C=O) groups is 1. The number of piperidine rings is 1. The van der Waals surface area contributed by atoms with Crippen LogP contribution in [0, 0.1) is 13.8 Å². The van der Waals surface area contributed by atoms with E-state index in [0.717, 1.165) is 11.1 Å². The van der Waals surface area contributed by atoms with Gasteiger partial charge in [0.2, 0.25) is 10.0 Å². The summed E-state index contributed by atoms with van der Waals surface area (Å²) < 4.78 is 29.9. The van der Waals surface area contributed by atoms with Crippen LogP contribution in [0.15, 0.2) is 12.1 Å². The Morgan fingerprint density at radius 3 is 2.33 bits per heavy atom. The van der Waals surface area contributed by atoms with Gasteiger partial charge in [0, 0.05) is 24.2 Å². The maximum Gasteiger partial charge on any atom is 0.258 e. The summed E-state index contributed by atoms with van der Waals surface area (Å²) in [5.41, 5.74) is 1.81. The molecule has 1 aliphatic rings. The van der Waals surface area contributed by atoms with Crippen LogP contribution in [-0.2, 0) is 14.8 Å². The molecule has 0 radical (unpaired) electrons. The first-order chi connectivity index (χ1) is 11.2. The summed E-state index contributed by atoms with van der Waals surface area (Å²) in [6.07, 6.45) is 2.42. The van der Waals surface area contributed by atoms with Crippen LogP contribution in [0.2, 0.25) is 5.02 Å². The van der Waals surface area contributed by atoms with Crippen LogP contribution in [0.3, 0.4) is 0 Å². The van der Waals surface area contributed by atoms with E-state index >= 15 is 0 Å². The van der Waals surface area contributed by atoms with Gasteiger partial charge >= 0.3 is 0 Å². The predicted molar refractivity (Wildman–Crippen MR) is 94.0 cm³/mol. The Kier molecular flexibility index (Phi) is 6.11. The zero-order valence-corrected chi connectivity index (χ0v) is 15.7. The van der Waals surface area contributed by atoms with Gasteiger partial charge in [0.1, 0.15) is 5.75 Å². The lowest BCUT2D eigenvalue weighted by Crippen LogP contribution is -2.47. The number of aryl methyl sites for hydroxylation is 2. The van der Waals surface area contributed by atoms with Crippen molar-refractivity contribution in [3.8, 4) is 5.75 Å². The molecule has 0 aromatic heterocycles. The summed E-state index contributed by atoms with van der Waals surface area (Å²) in [6.45, 7) is 4.56. The van der Waals surface area contributed by atoms with Crippen molar-refractivity contribution >= 4 is 27.5 Å². The molecule has 1 aromatic rings. The minimum atomic E-state index is -3.15. The van der Waals surface area contributed by atoms with Gasteiger partial charge in [-0.25, -0.2) is 12.7 Å². The number of rotatable bonds is 5. The van der Waals surface area contributed by atoms with Crippen molar-refractivity contribution in [2.45, 2.75) is 32.7 Å². The molecule has 0 atom stereocenters.